The van der Waals surface area contributed by atoms with Crippen molar-refractivity contribution in [2.45, 2.75) is 83.7 Å². The van der Waals surface area contributed by atoms with Crippen molar-refractivity contribution < 1.29 is 44.1 Å². The average molecular weight is 868 g/mol. The summed E-state index contributed by atoms with van der Waals surface area (Å²) in [6.45, 7) is 10.1. The summed E-state index contributed by atoms with van der Waals surface area (Å²) in [5.74, 6) is 3.22. The molecule has 0 aromatic rings. The third kappa shape index (κ3) is 26.9. The Morgan fingerprint density at radius 3 is 1.58 bits per heavy atom. The molecule has 0 aliphatic heterocycles. The van der Waals surface area contributed by atoms with Gasteiger partial charge in [-0.2, -0.15) is 15.4 Å². The molecule has 1 atom stereocenters. The monoisotopic (exact) mass is 868 g/mol. The topological polar surface area (TPSA) is 189 Å². The third-order valence-electron chi connectivity index (χ3n) is 9.26. The lowest BCUT2D eigenvalue weighted by Crippen LogP contribution is -2.73. The van der Waals surface area contributed by atoms with Crippen molar-refractivity contribution in [3.05, 3.63) is 0 Å². The Hall–Kier alpha value is -1.40. The first-order valence-corrected chi connectivity index (χ1v) is 22.1. The first-order chi connectivity index (χ1) is 29.4. The molecule has 0 aromatic heterocycles. The number of nitrogens with one attached hydrogen (secondary N) is 3. The van der Waals surface area contributed by atoms with Crippen molar-refractivity contribution >= 4 is 0 Å². The van der Waals surface area contributed by atoms with Gasteiger partial charge in [0, 0.05) is 173 Å². The Kier molecular flexibility index (Phi) is 41.9. The highest BCUT2D eigenvalue weighted by molar-refractivity contribution is 4.98. The van der Waals surface area contributed by atoms with Crippen LogP contribution in [-0.2, 0) is 23.7 Å². The van der Waals surface area contributed by atoms with Gasteiger partial charge in [0.1, 0.15) is 6.17 Å². The SMILES string of the molecule is CCCCNC#CCNN(CCCOC)N(CCCO)N(CCCOC)N(C(CCO)N(CCCOC)N(CCCOC)N(CCCO)NCCCO)N(C)CCCOC. The van der Waals surface area contributed by atoms with Crippen molar-refractivity contribution in [3.8, 4) is 12.0 Å². The Morgan fingerprint density at radius 1 is 0.517 bits per heavy atom. The summed E-state index contributed by atoms with van der Waals surface area (Å²) in [4.78, 5) is 0. The van der Waals surface area contributed by atoms with Crippen LogP contribution in [0.1, 0.15) is 77.6 Å². The Labute approximate surface area is 363 Å². The van der Waals surface area contributed by atoms with E-state index in [1.807, 2.05) is 5.12 Å². The fourth-order valence-electron chi connectivity index (χ4n) is 6.35. The maximum atomic E-state index is 11.0. The second-order valence-corrected chi connectivity index (χ2v) is 14.2. The Bertz CT molecular complexity index is 980. The van der Waals surface area contributed by atoms with E-state index in [2.05, 4.69) is 77.7 Å². The van der Waals surface area contributed by atoms with Gasteiger partial charge in [0.25, 0.3) is 0 Å². The Morgan fingerprint density at radius 2 is 1.02 bits per heavy atom. The molecular formula is C40H89N11O9. The van der Waals surface area contributed by atoms with Gasteiger partial charge < -0.3 is 49.4 Å². The van der Waals surface area contributed by atoms with Gasteiger partial charge in [0.15, 0.2) is 0 Å². The number of nitrogens with zero attached hydrogens (tertiary/aromatic N) is 8. The average Bonchev–Trinajstić information content (AvgIpc) is 3.25. The molecule has 7 N–H and O–H groups in total. The highest BCUT2D eigenvalue weighted by atomic mass is 16.5. The molecule has 0 aliphatic rings. The summed E-state index contributed by atoms with van der Waals surface area (Å²) in [5.41, 5.74) is 7.09. The van der Waals surface area contributed by atoms with Crippen molar-refractivity contribution in [3.63, 3.8) is 0 Å². The van der Waals surface area contributed by atoms with Crippen LogP contribution in [0, 0.1) is 12.0 Å². The summed E-state index contributed by atoms with van der Waals surface area (Å²) in [7, 11) is 10.5. The largest absolute Gasteiger partial charge is 0.396 e. The number of hydrogen-bond acceptors (Lipinski definition) is 20. The summed E-state index contributed by atoms with van der Waals surface area (Å²) in [5, 5.41) is 61.5. The first-order valence-electron chi connectivity index (χ1n) is 22.1. The van der Waals surface area contributed by atoms with Gasteiger partial charge in [0.05, 0.1) is 6.54 Å². The molecule has 0 saturated carbocycles. The minimum absolute atomic E-state index is 0.000374. The minimum Gasteiger partial charge on any atom is -0.396 e. The van der Waals surface area contributed by atoms with Crippen LogP contribution >= 0.6 is 0 Å². The van der Waals surface area contributed by atoms with Crippen molar-refractivity contribution in [2.24, 2.45) is 0 Å². The summed E-state index contributed by atoms with van der Waals surface area (Å²) < 4.78 is 27.8. The van der Waals surface area contributed by atoms with Gasteiger partial charge in [-0.1, -0.05) is 19.3 Å². The predicted octanol–water partition coefficient (Wildman–Crippen LogP) is -0.0798. The fraction of sp³-hybridized carbons (Fsp3) is 0.950. The first kappa shape index (κ1) is 58.6. The fourth-order valence-corrected chi connectivity index (χ4v) is 6.35. The van der Waals surface area contributed by atoms with E-state index in [9.17, 15) is 20.4 Å². The molecule has 0 amide bonds. The second kappa shape index (κ2) is 42.9. The highest BCUT2D eigenvalue weighted by Crippen LogP contribution is 2.24. The van der Waals surface area contributed by atoms with Gasteiger partial charge in [-0.25, -0.2) is 20.9 Å². The lowest BCUT2D eigenvalue weighted by molar-refractivity contribution is -0.389. The second-order valence-electron chi connectivity index (χ2n) is 14.2. The number of aliphatic hydroxyl groups excluding tert-OH is 4. The molecule has 358 valence electrons. The summed E-state index contributed by atoms with van der Waals surface area (Å²) >= 11 is 0. The van der Waals surface area contributed by atoms with Crippen LogP contribution < -0.4 is 16.2 Å². The van der Waals surface area contributed by atoms with Crippen molar-refractivity contribution in [1.82, 2.24) is 56.9 Å². The maximum absolute atomic E-state index is 11.0. The Balaban J connectivity index is 7.94. The van der Waals surface area contributed by atoms with Crippen LogP contribution in [0.5, 0.6) is 0 Å². The zero-order valence-corrected chi connectivity index (χ0v) is 38.7. The minimum atomic E-state index is -0.485. The van der Waals surface area contributed by atoms with E-state index in [0.29, 0.717) is 143 Å². The number of aliphatic hydroxyl groups is 4. The molecule has 0 aromatic carbocycles. The number of methoxy groups -OCH3 is 5. The molecule has 0 bridgehead atoms. The van der Waals surface area contributed by atoms with Crippen molar-refractivity contribution in [2.75, 3.05) is 168 Å². The van der Waals surface area contributed by atoms with Gasteiger partial charge in [0.2, 0.25) is 0 Å². The van der Waals surface area contributed by atoms with E-state index < -0.39 is 6.17 Å². The van der Waals surface area contributed by atoms with Crippen LogP contribution in [0.15, 0.2) is 0 Å². The van der Waals surface area contributed by atoms with E-state index in [1.165, 1.54) is 0 Å². The van der Waals surface area contributed by atoms with Crippen LogP contribution in [0.4, 0.5) is 0 Å². The zero-order valence-electron chi connectivity index (χ0n) is 38.7. The molecule has 20 nitrogen and oxygen atoms in total. The molecular weight excluding hydrogens is 779 g/mol. The maximum Gasteiger partial charge on any atom is 0.110 e. The molecule has 60 heavy (non-hydrogen) atoms. The summed E-state index contributed by atoms with van der Waals surface area (Å²) in [6.07, 6.45) is 6.99. The number of unbranched alkanes of at least 4 members (excludes halogenated alkanes) is 1. The number of ether oxygens (including phenoxy) is 5. The number of hydrazine groups is 8. The quantitative estimate of drug-likeness (QED) is 0.0142. The number of rotatable bonds is 45. The standard InChI is InChI=1S/C40H89N11O9/c1-8-9-20-41-21-10-22-42-47(27-16-37-58-5)49(28-13-33-54)50(30-18-39-60-7)51(44(2)24-14-35-56-3)40(19-34-55)45(25-15-36-57-4)48(29-17-38-59-6)46(26-12-32-53)43-23-11-31-52/h40-43,52-55H,8-9,11-20,22-39H2,1-7H3. The molecule has 20 heteroatoms. The van der Waals surface area contributed by atoms with E-state index in [-0.39, 0.29) is 26.4 Å². The normalized spacial score (nSPS) is 12.7. The van der Waals surface area contributed by atoms with E-state index in [0.717, 1.165) is 25.8 Å². The van der Waals surface area contributed by atoms with Gasteiger partial charge >= 0.3 is 0 Å². The van der Waals surface area contributed by atoms with Crippen LogP contribution in [0.2, 0.25) is 0 Å². The molecule has 0 fully saturated rings. The van der Waals surface area contributed by atoms with Crippen LogP contribution in [0.3, 0.4) is 0 Å². The molecule has 0 saturated heterocycles. The molecule has 0 heterocycles. The van der Waals surface area contributed by atoms with E-state index in [1.54, 1.807) is 35.5 Å². The lowest BCUT2D eigenvalue weighted by Gasteiger charge is -2.55. The van der Waals surface area contributed by atoms with E-state index in [4.69, 9.17) is 23.7 Å². The van der Waals surface area contributed by atoms with Gasteiger partial charge in [-0.05, 0) is 57.8 Å². The van der Waals surface area contributed by atoms with Crippen molar-refractivity contribution in [1.29, 1.82) is 0 Å². The van der Waals surface area contributed by atoms with Gasteiger partial charge in [-0.15, -0.1) is 15.4 Å². The molecule has 0 aliphatic carbocycles. The summed E-state index contributed by atoms with van der Waals surface area (Å²) in [6, 6.07) is 3.08. The molecule has 0 spiro atoms. The third-order valence-corrected chi connectivity index (χ3v) is 9.26. The lowest BCUT2D eigenvalue weighted by atomic mass is 10.3. The van der Waals surface area contributed by atoms with E-state index >= 15 is 0 Å². The van der Waals surface area contributed by atoms with Crippen LogP contribution in [0.25, 0.3) is 0 Å². The number of hydrogen-bond donors (Lipinski definition) is 7. The smallest absolute Gasteiger partial charge is 0.110 e. The van der Waals surface area contributed by atoms with Crippen LogP contribution in [-0.4, -0.2) is 235 Å². The molecule has 1 unspecified atom stereocenters. The van der Waals surface area contributed by atoms with Gasteiger partial charge in [-0.3, -0.25) is 0 Å². The molecule has 0 radical (unpaired) electrons. The molecule has 0 rings (SSSR count). The predicted molar refractivity (Wildman–Crippen MR) is 234 cm³/mol. The zero-order chi connectivity index (χ0) is 44.5. The highest BCUT2D eigenvalue weighted by Gasteiger charge is 2.40.